The molecule has 0 aliphatic carbocycles. The monoisotopic (exact) mass is 1210 g/mol. The highest BCUT2D eigenvalue weighted by Crippen LogP contribution is 2.20. The summed E-state index contributed by atoms with van der Waals surface area (Å²) in [5, 5.41) is 23.4. The molecule has 0 rings (SSSR count). The van der Waals surface area contributed by atoms with Gasteiger partial charge in [-0.1, -0.05) is 404 Å². The molecule has 0 bridgehead atoms. The molecule has 0 saturated carbocycles. The van der Waals surface area contributed by atoms with Crippen LogP contribution < -0.4 is 5.32 Å². The lowest BCUT2D eigenvalue weighted by Gasteiger charge is -2.22. The van der Waals surface area contributed by atoms with Crippen LogP contribution >= 0.6 is 0 Å². The number of carbonyl (C=O) groups excluding carboxylic acids is 2. The molecule has 3 N–H and O–H groups in total. The number of aliphatic hydroxyl groups is 2. The Balaban J connectivity index is 3.35. The smallest absolute Gasteiger partial charge is 0.305 e. The van der Waals surface area contributed by atoms with Gasteiger partial charge in [-0.15, -0.1) is 0 Å². The molecule has 0 aromatic heterocycles. The van der Waals surface area contributed by atoms with E-state index in [1.807, 2.05) is 0 Å². The molecule has 2 unspecified atom stereocenters. The van der Waals surface area contributed by atoms with Crippen molar-refractivity contribution in [3.05, 3.63) is 24.3 Å². The highest BCUT2D eigenvalue weighted by Gasteiger charge is 2.20. The number of hydrogen-bond donors (Lipinski definition) is 3. The average molecular weight is 1210 g/mol. The van der Waals surface area contributed by atoms with Crippen LogP contribution in [-0.2, 0) is 14.3 Å². The Kier molecular flexibility index (Phi) is 74.3. The summed E-state index contributed by atoms with van der Waals surface area (Å²) >= 11 is 0. The molecule has 6 nitrogen and oxygen atoms in total. The van der Waals surface area contributed by atoms with Crippen LogP contribution in [0.5, 0.6) is 0 Å². The summed E-state index contributed by atoms with van der Waals surface area (Å²) in [6.45, 7) is 5.00. The van der Waals surface area contributed by atoms with E-state index in [4.69, 9.17) is 4.74 Å². The first-order valence-corrected chi connectivity index (χ1v) is 39.6. The molecule has 0 aromatic carbocycles. The van der Waals surface area contributed by atoms with E-state index < -0.39 is 12.1 Å². The van der Waals surface area contributed by atoms with E-state index in [0.717, 1.165) is 44.9 Å². The van der Waals surface area contributed by atoms with Crippen molar-refractivity contribution in [3.63, 3.8) is 0 Å². The lowest BCUT2D eigenvalue weighted by atomic mass is 10.0. The fraction of sp³-hybridized carbons (Fsp3) is 0.925. The molecule has 0 aliphatic heterocycles. The van der Waals surface area contributed by atoms with Gasteiger partial charge in [0.05, 0.1) is 25.4 Å². The van der Waals surface area contributed by atoms with Gasteiger partial charge >= 0.3 is 5.97 Å². The van der Waals surface area contributed by atoms with Crippen LogP contribution in [0.25, 0.3) is 0 Å². The van der Waals surface area contributed by atoms with Gasteiger partial charge in [-0.25, -0.2) is 0 Å². The number of carbonyl (C=O) groups is 2. The number of aliphatic hydroxyl groups excluding tert-OH is 2. The molecule has 6 heteroatoms. The van der Waals surface area contributed by atoms with Crippen LogP contribution in [0.1, 0.15) is 450 Å². The van der Waals surface area contributed by atoms with Gasteiger partial charge in [-0.05, 0) is 57.8 Å². The second-order valence-corrected chi connectivity index (χ2v) is 27.4. The number of allylic oxidation sites excluding steroid dienone is 4. The first kappa shape index (κ1) is 84.3. The maximum absolute atomic E-state index is 12.5. The molecule has 1 amide bonds. The summed E-state index contributed by atoms with van der Waals surface area (Å²) in [6, 6.07) is -0.540. The fourth-order valence-electron chi connectivity index (χ4n) is 12.7. The van der Waals surface area contributed by atoms with Crippen molar-refractivity contribution in [2.45, 2.75) is 463 Å². The van der Waals surface area contributed by atoms with E-state index in [1.165, 1.54) is 372 Å². The van der Waals surface area contributed by atoms with E-state index >= 15 is 0 Å². The maximum Gasteiger partial charge on any atom is 0.305 e. The number of ether oxygens (including phenoxy) is 1. The van der Waals surface area contributed by atoms with E-state index in [-0.39, 0.29) is 18.5 Å². The Morgan fingerprint density at radius 3 is 0.884 bits per heavy atom. The molecule has 510 valence electrons. The summed E-state index contributed by atoms with van der Waals surface area (Å²) in [4.78, 5) is 24.6. The van der Waals surface area contributed by atoms with Gasteiger partial charge in [0.15, 0.2) is 0 Å². The third kappa shape index (κ3) is 71.4. The topological polar surface area (TPSA) is 95.9 Å². The van der Waals surface area contributed by atoms with Crippen molar-refractivity contribution in [2.24, 2.45) is 0 Å². The van der Waals surface area contributed by atoms with Crippen molar-refractivity contribution in [1.29, 1.82) is 0 Å². The third-order valence-corrected chi connectivity index (χ3v) is 18.8. The predicted octanol–water partition coefficient (Wildman–Crippen LogP) is 26.0. The number of hydrogen-bond acceptors (Lipinski definition) is 5. The molecule has 0 radical (unpaired) electrons. The first-order valence-electron chi connectivity index (χ1n) is 39.6. The van der Waals surface area contributed by atoms with Gasteiger partial charge in [0, 0.05) is 12.8 Å². The average Bonchev–Trinajstić information content (AvgIpc) is 3.58. The Morgan fingerprint density at radius 2 is 0.581 bits per heavy atom. The lowest BCUT2D eigenvalue weighted by molar-refractivity contribution is -0.143. The van der Waals surface area contributed by atoms with Crippen molar-refractivity contribution in [1.82, 2.24) is 5.32 Å². The number of unbranched alkanes of at least 4 members (excludes halogenated alkanes) is 60. The molecule has 0 spiro atoms. The summed E-state index contributed by atoms with van der Waals surface area (Å²) < 4.78 is 5.50. The maximum atomic E-state index is 12.5. The zero-order chi connectivity index (χ0) is 62.0. The summed E-state index contributed by atoms with van der Waals surface area (Å²) in [7, 11) is 0. The van der Waals surface area contributed by atoms with E-state index in [9.17, 15) is 19.8 Å². The normalized spacial score (nSPS) is 12.6. The Labute approximate surface area is 539 Å². The second-order valence-electron chi connectivity index (χ2n) is 27.4. The molecular formula is C80H155NO5. The largest absolute Gasteiger partial charge is 0.466 e. The van der Waals surface area contributed by atoms with Gasteiger partial charge in [0.25, 0.3) is 0 Å². The third-order valence-electron chi connectivity index (χ3n) is 18.8. The predicted molar refractivity (Wildman–Crippen MR) is 380 cm³/mol. The fourth-order valence-corrected chi connectivity index (χ4v) is 12.7. The van der Waals surface area contributed by atoms with Crippen LogP contribution in [0.15, 0.2) is 24.3 Å². The van der Waals surface area contributed by atoms with Crippen molar-refractivity contribution in [3.8, 4) is 0 Å². The summed E-state index contributed by atoms with van der Waals surface area (Å²) in [6.07, 6.45) is 97.0. The standard InChI is InChI=1S/C80H155NO5/c1-3-5-7-9-11-13-15-17-19-20-42-45-48-52-56-60-64-68-72-78(83)77(76-82)81-79(84)73-69-65-61-57-53-49-46-43-40-38-36-34-32-30-28-26-24-22-21-23-25-27-29-31-33-35-37-39-41-44-47-51-55-59-63-67-71-75-86-80(85)74-70-66-62-58-54-50-18-16-14-12-10-8-6-4-2/h21,23,27,29,77-78,82-83H,3-20,22,24-26,28,30-76H2,1-2H3,(H,81,84)/b23-21-,29-27-. The molecule has 0 fully saturated rings. The lowest BCUT2D eigenvalue weighted by Crippen LogP contribution is -2.45. The minimum absolute atomic E-state index is 0.0219. The van der Waals surface area contributed by atoms with Crippen LogP contribution in [0.4, 0.5) is 0 Å². The van der Waals surface area contributed by atoms with Crippen molar-refractivity contribution in [2.75, 3.05) is 13.2 Å². The number of nitrogens with one attached hydrogen (secondary N) is 1. The van der Waals surface area contributed by atoms with Gasteiger partial charge in [0.2, 0.25) is 5.91 Å². The van der Waals surface area contributed by atoms with Crippen LogP contribution in [0.3, 0.4) is 0 Å². The van der Waals surface area contributed by atoms with Gasteiger partial charge < -0.3 is 20.3 Å². The van der Waals surface area contributed by atoms with Crippen LogP contribution in [-0.4, -0.2) is 47.4 Å². The Morgan fingerprint density at radius 1 is 0.326 bits per heavy atom. The number of esters is 1. The Bertz CT molecular complexity index is 1350. The molecule has 0 aromatic rings. The van der Waals surface area contributed by atoms with Gasteiger partial charge in [-0.3, -0.25) is 9.59 Å². The molecule has 0 saturated heterocycles. The van der Waals surface area contributed by atoms with Crippen LogP contribution in [0.2, 0.25) is 0 Å². The number of amides is 1. The van der Waals surface area contributed by atoms with Crippen molar-refractivity contribution >= 4 is 11.9 Å². The quantitative estimate of drug-likeness (QED) is 0.0320. The zero-order valence-electron chi connectivity index (χ0n) is 58.6. The minimum atomic E-state index is -0.663. The zero-order valence-corrected chi connectivity index (χ0v) is 58.6. The summed E-state index contributed by atoms with van der Waals surface area (Å²) in [5.74, 6) is -0.00574. The van der Waals surface area contributed by atoms with Crippen molar-refractivity contribution < 1.29 is 24.5 Å². The number of rotatable bonds is 75. The highest BCUT2D eigenvalue weighted by atomic mass is 16.5. The van der Waals surface area contributed by atoms with Gasteiger partial charge in [-0.2, -0.15) is 0 Å². The molecule has 0 aliphatic rings. The SMILES string of the molecule is CCCCCCCCCCCCCCCCCCCCC(O)C(CO)NC(=O)CCCCCCCCCCCCCCCCCCC/C=C\C/C=C\CCCCCCCCCCCCCCCOC(=O)CCCCCCCCCCCCCCCC. The highest BCUT2D eigenvalue weighted by molar-refractivity contribution is 5.76. The molecule has 86 heavy (non-hydrogen) atoms. The van der Waals surface area contributed by atoms with E-state index in [0.29, 0.717) is 25.9 Å². The van der Waals surface area contributed by atoms with E-state index in [1.54, 1.807) is 0 Å². The first-order chi connectivity index (χ1) is 42.5. The molecule has 0 heterocycles. The summed E-state index contributed by atoms with van der Waals surface area (Å²) in [5.41, 5.74) is 0. The molecule has 2 atom stereocenters. The second kappa shape index (κ2) is 75.8. The van der Waals surface area contributed by atoms with Gasteiger partial charge in [0.1, 0.15) is 0 Å². The molecular weight excluding hydrogens is 1050 g/mol. The minimum Gasteiger partial charge on any atom is -0.466 e. The van der Waals surface area contributed by atoms with E-state index in [2.05, 4.69) is 43.5 Å². The van der Waals surface area contributed by atoms with Crippen LogP contribution in [0, 0.1) is 0 Å². The Hall–Kier alpha value is -1.66.